The van der Waals surface area contributed by atoms with Gasteiger partial charge in [-0.25, -0.2) is 4.39 Å². The van der Waals surface area contributed by atoms with Crippen molar-refractivity contribution >= 4 is 29.0 Å². The van der Waals surface area contributed by atoms with E-state index in [4.69, 9.17) is 9.47 Å². The summed E-state index contributed by atoms with van der Waals surface area (Å²) in [5.74, 6) is -0.0932. The number of nitrogens with one attached hydrogen (secondary N) is 2. The number of aromatic amines is 1. The van der Waals surface area contributed by atoms with E-state index < -0.39 is 5.82 Å². The van der Waals surface area contributed by atoms with Crippen LogP contribution in [0.4, 0.5) is 4.39 Å². The van der Waals surface area contributed by atoms with Gasteiger partial charge < -0.3 is 14.8 Å². The average molecular weight is 431 g/mol. The average Bonchev–Trinajstić information content (AvgIpc) is 3.24. The number of ether oxygens (including phenoxy) is 2. The molecule has 0 atom stereocenters. The second kappa shape index (κ2) is 9.34. The number of carbonyl (C=O) groups excluding carboxylic acids is 1. The highest BCUT2D eigenvalue weighted by molar-refractivity contribution is 6.05. The van der Waals surface area contributed by atoms with E-state index in [0.29, 0.717) is 40.0 Å². The molecule has 0 fully saturated rings. The molecular formula is C25H22FN3O3. The molecule has 0 saturated heterocycles. The Kier molecular flexibility index (Phi) is 6.17. The van der Waals surface area contributed by atoms with Gasteiger partial charge in [0.15, 0.2) is 11.6 Å². The number of aromatic nitrogens is 2. The lowest BCUT2D eigenvalue weighted by Gasteiger charge is -2.11. The van der Waals surface area contributed by atoms with E-state index in [9.17, 15) is 9.18 Å². The second-order valence-electron chi connectivity index (χ2n) is 7.07. The van der Waals surface area contributed by atoms with Gasteiger partial charge in [0.25, 0.3) is 5.91 Å². The van der Waals surface area contributed by atoms with Crippen LogP contribution in [-0.2, 0) is 6.54 Å². The molecular weight excluding hydrogens is 409 g/mol. The summed E-state index contributed by atoms with van der Waals surface area (Å²) >= 11 is 0. The molecule has 0 saturated carbocycles. The molecule has 0 aliphatic rings. The standard InChI is InChI=1S/C25H22FN3O3/c1-31-22-13-9-16(14-19(22)26)8-11-20-23-21(29-28-20)12-10-18(24(23)32-2)25(30)27-15-17-6-4-3-5-7-17/h3-14H,15H2,1-2H3,(H,27,30)(H,28,29)/b11-8+. The van der Waals surface area contributed by atoms with Crippen molar-refractivity contribution in [1.29, 1.82) is 0 Å². The number of H-pyrrole nitrogens is 1. The lowest BCUT2D eigenvalue weighted by molar-refractivity contribution is 0.0948. The molecule has 1 heterocycles. The minimum Gasteiger partial charge on any atom is -0.495 e. The minimum absolute atomic E-state index is 0.182. The van der Waals surface area contributed by atoms with Crippen molar-refractivity contribution in [3.8, 4) is 11.5 Å². The van der Waals surface area contributed by atoms with Crippen LogP contribution in [0.25, 0.3) is 23.1 Å². The zero-order chi connectivity index (χ0) is 22.5. The molecule has 1 aromatic heterocycles. The smallest absolute Gasteiger partial charge is 0.255 e. The fourth-order valence-electron chi connectivity index (χ4n) is 3.45. The number of halogens is 1. The van der Waals surface area contributed by atoms with E-state index in [-0.39, 0.29) is 11.7 Å². The minimum atomic E-state index is -0.445. The first kappa shape index (κ1) is 21.1. The maximum absolute atomic E-state index is 14.0. The molecule has 2 N–H and O–H groups in total. The van der Waals surface area contributed by atoms with Gasteiger partial charge in [0.2, 0.25) is 0 Å². The van der Waals surface area contributed by atoms with Crippen molar-refractivity contribution in [2.75, 3.05) is 14.2 Å². The molecule has 0 aliphatic heterocycles. The van der Waals surface area contributed by atoms with E-state index in [2.05, 4.69) is 15.5 Å². The van der Waals surface area contributed by atoms with Crippen LogP contribution in [-0.4, -0.2) is 30.3 Å². The molecule has 0 spiro atoms. The van der Waals surface area contributed by atoms with Crippen molar-refractivity contribution in [3.05, 3.63) is 88.9 Å². The predicted molar refractivity (Wildman–Crippen MR) is 122 cm³/mol. The van der Waals surface area contributed by atoms with Crippen molar-refractivity contribution in [2.24, 2.45) is 0 Å². The monoisotopic (exact) mass is 431 g/mol. The van der Waals surface area contributed by atoms with Gasteiger partial charge >= 0.3 is 0 Å². The van der Waals surface area contributed by atoms with Crippen LogP contribution in [0.2, 0.25) is 0 Å². The molecule has 1 amide bonds. The van der Waals surface area contributed by atoms with Crippen LogP contribution < -0.4 is 14.8 Å². The van der Waals surface area contributed by atoms with Crippen LogP contribution in [0.15, 0.2) is 60.7 Å². The van der Waals surface area contributed by atoms with Crippen molar-refractivity contribution in [2.45, 2.75) is 6.54 Å². The summed E-state index contributed by atoms with van der Waals surface area (Å²) in [6.45, 7) is 0.405. The Labute approximate surface area is 184 Å². The molecule has 0 radical (unpaired) electrons. The van der Waals surface area contributed by atoms with E-state index in [0.717, 1.165) is 5.56 Å². The number of hydrogen-bond donors (Lipinski definition) is 2. The number of amides is 1. The van der Waals surface area contributed by atoms with Crippen molar-refractivity contribution in [3.63, 3.8) is 0 Å². The topological polar surface area (TPSA) is 76.2 Å². The number of fused-ring (bicyclic) bond motifs is 1. The quantitative estimate of drug-likeness (QED) is 0.440. The predicted octanol–water partition coefficient (Wildman–Crippen LogP) is 4.82. The Morgan fingerprint density at radius 3 is 2.59 bits per heavy atom. The molecule has 4 aromatic rings. The molecule has 0 aliphatic carbocycles. The summed E-state index contributed by atoms with van der Waals surface area (Å²) in [5, 5.41) is 10.8. The zero-order valence-corrected chi connectivity index (χ0v) is 17.7. The van der Waals surface area contributed by atoms with Crippen molar-refractivity contribution < 1.29 is 18.7 Å². The first-order chi connectivity index (χ1) is 15.6. The van der Waals surface area contributed by atoms with E-state index in [1.54, 1.807) is 36.4 Å². The Morgan fingerprint density at radius 2 is 1.88 bits per heavy atom. The van der Waals surface area contributed by atoms with E-state index >= 15 is 0 Å². The summed E-state index contributed by atoms with van der Waals surface area (Å²) < 4.78 is 24.5. The Morgan fingerprint density at radius 1 is 1.06 bits per heavy atom. The van der Waals surface area contributed by atoms with Gasteiger partial charge in [0.1, 0.15) is 5.75 Å². The molecule has 32 heavy (non-hydrogen) atoms. The number of nitrogens with zero attached hydrogens (tertiary/aromatic N) is 1. The van der Waals surface area contributed by atoms with Crippen molar-refractivity contribution in [1.82, 2.24) is 15.5 Å². The number of rotatable bonds is 7. The zero-order valence-electron chi connectivity index (χ0n) is 17.7. The molecule has 7 heteroatoms. The third-order valence-corrected chi connectivity index (χ3v) is 5.06. The maximum atomic E-state index is 14.0. The summed E-state index contributed by atoms with van der Waals surface area (Å²) in [4.78, 5) is 12.9. The first-order valence-electron chi connectivity index (χ1n) is 9.99. The van der Waals surface area contributed by atoms with Gasteiger partial charge in [-0.05, 0) is 41.5 Å². The van der Waals surface area contributed by atoms with E-state index in [1.165, 1.54) is 20.3 Å². The summed E-state index contributed by atoms with van der Waals surface area (Å²) in [5.41, 5.74) is 3.36. The number of benzene rings is 3. The van der Waals surface area contributed by atoms with Crippen LogP contribution in [0.1, 0.15) is 27.2 Å². The number of methoxy groups -OCH3 is 2. The van der Waals surface area contributed by atoms with E-state index in [1.807, 2.05) is 30.3 Å². The molecule has 4 rings (SSSR count). The van der Waals surface area contributed by atoms with Gasteiger partial charge in [0.05, 0.1) is 36.4 Å². The SMILES string of the molecule is COc1ccc(/C=C/c2[nH]nc3ccc(C(=O)NCc4ccccc4)c(OC)c23)cc1F. The summed E-state index contributed by atoms with van der Waals surface area (Å²) in [6, 6.07) is 17.8. The largest absolute Gasteiger partial charge is 0.495 e. The molecule has 6 nitrogen and oxygen atoms in total. The maximum Gasteiger partial charge on any atom is 0.255 e. The Hall–Kier alpha value is -4.13. The number of carbonyl (C=O) groups is 1. The Bertz CT molecular complexity index is 1280. The highest BCUT2D eigenvalue weighted by atomic mass is 19.1. The third-order valence-electron chi connectivity index (χ3n) is 5.06. The normalized spacial score (nSPS) is 11.1. The van der Waals surface area contributed by atoms with Crippen LogP contribution >= 0.6 is 0 Å². The first-order valence-corrected chi connectivity index (χ1v) is 9.99. The van der Waals surface area contributed by atoms with Crippen LogP contribution in [0, 0.1) is 5.82 Å². The summed E-state index contributed by atoms with van der Waals surface area (Å²) in [6.07, 6.45) is 3.52. The lowest BCUT2D eigenvalue weighted by Crippen LogP contribution is -2.23. The third kappa shape index (κ3) is 4.32. The van der Waals surface area contributed by atoms with Gasteiger partial charge in [-0.3, -0.25) is 9.89 Å². The molecule has 3 aromatic carbocycles. The lowest BCUT2D eigenvalue weighted by atomic mass is 10.1. The van der Waals surface area contributed by atoms with Crippen LogP contribution in [0.5, 0.6) is 11.5 Å². The van der Waals surface area contributed by atoms with Gasteiger partial charge in [-0.15, -0.1) is 0 Å². The fourth-order valence-corrected chi connectivity index (χ4v) is 3.45. The highest BCUT2D eigenvalue weighted by Gasteiger charge is 2.18. The second-order valence-corrected chi connectivity index (χ2v) is 7.07. The molecule has 162 valence electrons. The fraction of sp³-hybridized carbons (Fsp3) is 0.120. The highest BCUT2D eigenvalue weighted by Crippen LogP contribution is 2.32. The van der Waals surface area contributed by atoms with Gasteiger partial charge in [-0.2, -0.15) is 5.10 Å². The van der Waals surface area contributed by atoms with Crippen LogP contribution in [0.3, 0.4) is 0 Å². The summed E-state index contributed by atoms with van der Waals surface area (Å²) in [7, 11) is 2.94. The van der Waals surface area contributed by atoms with Gasteiger partial charge in [-0.1, -0.05) is 42.5 Å². The number of hydrogen-bond acceptors (Lipinski definition) is 4. The molecule has 0 unspecified atom stereocenters. The molecule has 0 bridgehead atoms. The Balaban J connectivity index is 1.63. The van der Waals surface area contributed by atoms with Gasteiger partial charge in [0, 0.05) is 6.54 Å².